The van der Waals surface area contributed by atoms with E-state index in [1.54, 1.807) is 12.3 Å². The molecule has 1 fully saturated rings. The number of halogens is 1. The SMILES string of the molecule is O=C(CCNc1ccnc(Cl)c1)NC1CC1. The molecule has 4 nitrogen and oxygen atoms in total. The van der Waals surface area contributed by atoms with Crippen molar-refractivity contribution < 1.29 is 4.79 Å². The summed E-state index contributed by atoms with van der Waals surface area (Å²) < 4.78 is 0. The lowest BCUT2D eigenvalue weighted by molar-refractivity contribution is -0.120. The molecule has 1 amide bonds. The van der Waals surface area contributed by atoms with Gasteiger partial charge in [-0.1, -0.05) is 11.6 Å². The van der Waals surface area contributed by atoms with E-state index in [0.717, 1.165) is 18.5 Å². The molecule has 1 heterocycles. The number of carbonyl (C=O) groups excluding carboxylic acids is 1. The van der Waals surface area contributed by atoms with Gasteiger partial charge in [0.15, 0.2) is 0 Å². The molecule has 5 heteroatoms. The van der Waals surface area contributed by atoms with Gasteiger partial charge in [0.1, 0.15) is 5.15 Å². The lowest BCUT2D eigenvalue weighted by atomic mass is 10.3. The maximum Gasteiger partial charge on any atom is 0.221 e. The van der Waals surface area contributed by atoms with Gasteiger partial charge in [-0.3, -0.25) is 4.79 Å². The van der Waals surface area contributed by atoms with Gasteiger partial charge in [-0.25, -0.2) is 4.98 Å². The van der Waals surface area contributed by atoms with Crippen LogP contribution in [0.3, 0.4) is 0 Å². The minimum Gasteiger partial charge on any atom is -0.384 e. The van der Waals surface area contributed by atoms with Gasteiger partial charge < -0.3 is 10.6 Å². The molecule has 0 spiro atoms. The molecule has 0 aromatic carbocycles. The molecule has 0 atom stereocenters. The van der Waals surface area contributed by atoms with Gasteiger partial charge in [0, 0.05) is 30.9 Å². The number of aromatic nitrogens is 1. The molecule has 1 aromatic heterocycles. The van der Waals surface area contributed by atoms with Crippen LogP contribution in [0.4, 0.5) is 5.69 Å². The Morgan fingerprint density at radius 3 is 3.06 bits per heavy atom. The van der Waals surface area contributed by atoms with Gasteiger partial charge >= 0.3 is 0 Å². The summed E-state index contributed by atoms with van der Waals surface area (Å²) in [6, 6.07) is 3.99. The first kappa shape index (κ1) is 11.2. The van der Waals surface area contributed by atoms with Gasteiger partial charge in [0.05, 0.1) is 0 Å². The Bertz CT molecular complexity index is 379. The molecule has 86 valence electrons. The van der Waals surface area contributed by atoms with Crippen LogP contribution in [0, 0.1) is 0 Å². The highest BCUT2D eigenvalue weighted by molar-refractivity contribution is 6.29. The van der Waals surface area contributed by atoms with E-state index in [9.17, 15) is 4.79 Å². The van der Waals surface area contributed by atoms with Gasteiger partial charge in [-0.15, -0.1) is 0 Å². The Hall–Kier alpha value is -1.29. The Morgan fingerprint density at radius 2 is 2.38 bits per heavy atom. The summed E-state index contributed by atoms with van der Waals surface area (Å²) in [5, 5.41) is 6.51. The fraction of sp³-hybridized carbons (Fsp3) is 0.455. The summed E-state index contributed by atoms with van der Waals surface area (Å²) in [4.78, 5) is 15.2. The third-order valence-electron chi connectivity index (χ3n) is 2.35. The van der Waals surface area contributed by atoms with Crippen LogP contribution in [0.5, 0.6) is 0 Å². The van der Waals surface area contributed by atoms with Crippen LogP contribution in [-0.2, 0) is 4.79 Å². The van der Waals surface area contributed by atoms with E-state index >= 15 is 0 Å². The number of hydrogen-bond donors (Lipinski definition) is 2. The van der Waals surface area contributed by atoms with E-state index < -0.39 is 0 Å². The summed E-state index contributed by atoms with van der Waals surface area (Å²) >= 11 is 5.73. The first-order valence-electron chi connectivity index (χ1n) is 5.39. The minimum atomic E-state index is 0.107. The number of amides is 1. The smallest absolute Gasteiger partial charge is 0.221 e. The first-order chi connectivity index (χ1) is 7.74. The molecular weight excluding hydrogens is 226 g/mol. The summed E-state index contributed by atoms with van der Waals surface area (Å²) in [5.74, 6) is 0.107. The Morgan fingerprint density at radius 1 is 1.56 bits per heavy atom. The minimum absolute atomic E-state index is 0.107. The predicted molar refractivity (Wildman–Crippen MR) is 63.5 cm³/mol. The van der Waals surface area contributed by atoms with Crippen molar-refractivity contribution in [1.82, 2.24) is 10.3 Å². The molecule has 2 N–H and O–H groups in total. The third-order valence-corrected chi connectivity index (χ3v) is 2.56. The highest BCUT2D eigenvalue weighted by atomic mass is 35.5. The Labute approximate surface area is 99.4 Å². The van der Waals surface area contributed by atoms with Crippen molar-refractivity contribution in [3.05, 3.63) is 23.5 Å². The number of carbonyl (C=O) groups is 1. The summed E-state index contributed by atoms with van der Waals surface area (Å²) in [6.45, 7) is 0.610. The molecule has 16 heavy (non-hydrogen) atoms. The number of nitrogens with one attached hydrogen (secondary N) is 2. The van der Waals surface area contributed by atoms with Crippen molar-refractivity contribution in [2.75, 3.05) is 11.9 Å². The Balaban J connectivity index is 1.68. The zero-order valence-corrected chi connectivity index (χ0v) is 9.63. The number of rotatable bonds is 5. The maximum atomic E-state index is 11.4. The van der Waals surface area contributed by atoms with E-state index in [1.165, 1.54) is 0 Å². The molecule has 0 saturated heterocycles. The number of anilines is 1. The highest BCUT2D eigenvalue weighted by Crippen LogP contribution is 2.18. The predicted octanol–water partition coefficient (Wildman–Crippen LogP) is 1.82. The van der Waals surface area contributed by atoms with E-state index in [-0.39, 0.29) is 5.91 Å². The molecule has 0 aliphatic heterocycles. The lowest BCUT2D eigenvalue weighted by Crippen LogP contribution is -2.27. The zero-order chi connectivity index (χ0) is 11.4. The normalized spacial score (nSPS) is 14.6. The average Bonchev–Trinajstić information content (AvgIpc) is 3.02. The topological polar surface area (TPSA) is 54.0 Å². The van der Waals surface area contributed by atoms with Crippen LogP contribution in [0.25, 0.3) is 0 Å². The van der Waals surface area contributed by atoms with Crippen molar-refractivity contribution >= 4 is 23.2 Å². The second-order valence-corrected chi connectivity index (χ2v) is 4.27. The fourth-order valence-corrected chi connectivity index (χ4v) is 1.53. The highest BCUT2D eigenvalue weighted by Gasteiger charge is 2.22. The molecule has 1 aromatic rings. The van der Waals surface area contributed by atoms with Gasteiger partial charge in [0.25, 0.3) is 0 Å². The van der Waals surface area contributed by atoms with Crippen LogP contribution in [0.1, 0.15) is 19.3 Å². The number of hydrogen-bond acceptors (Lipinski definition) is 3. The van der Waals surface area contributed by atoms with Crippen molar-refractivity contribution in [2.45, 2.75) is 25.3 Å². The molecule has 1 saturated carbocycles. The monoisotopic (exact) mass is 239 g/mol. The van der Waals surface area contributed by atoms with Gasteiger partial charge in [-0.2, -0.15) is 0 Å². The third kappa shape index (κ3) is 3.70. The molecule has 0 bridgehead atoms. The maximum absolute atomic E-state index is 11.4. The molecule has 1 aliphatic carbocycles. The van der Waals surface area contributed by atoms with Crippen LogP contribution >= 0.6 is 11.6 Å². The molecule has 0 unspecified atom stereocenters. The van der Waals surface area contributed by atoms with Crippen LogP contribution in [-0.4, -0.2) is 23.5 Å². The molecule has 0 radical (unpaired) electrons. The van der Waals surface area contributed by atoms with Crippen molar-refractivity contribution in [3.63, 3.8) is 0 Å². The number of pyridine rings is 1. The molecule has 2 rings (SSSR count). The summed E-state index contributed by atoms with van der Waals surface area (Å²) in [6.07, 6.45) is 4.36. The second-order valence-electron chi connectivity index (χ2n) is 3.89. The average molecular weight is 240 g/mol. The van der Waals surface area contributed by atoms with E-state index in [2.05, 4.69) is 15.6 Å². The van der Waals surface area contributed by atoms with Crippen molar-refractivity contribution in [2.24, 2.45) is 0 Å². The number of nitrogens with zero attached hydrogens (tertiary/aromatic N) is 1. The van der Waals surface area contributed by atoms with E-state index in [4.69, 9.17) is 11.6 Å². The first-order valence-corrected chi connectivity index (χ1v) is 5.76. The summed E-state index contributed by atoms with van der Waals surface area (Å²) in [5.41, 5.74) is 0.888. The van der Waals surface area contributed by atoms with Crippen molar-refractivity contribution in [3.8, 4) is 0 Å². The second kappa shape index (κ2) is 5.16. The largest absolute Gasteiger partial charge is 0.384 e. The fourth-order valence-electron chi connectivity index (χ4n) is 1.36. The standard InChI is InChI=1S/C11H14ClN3O/c12-10-7-9(3-5-14-10)13-6-4-11(16)15-8-1-2-8/h3,5,7-8H,1-2,4,6H2,(H,13,14)(H,15,16). The van der Waals surface area contributed by atoms with E-state index in [0.29, 0.717) is 24.2 Å². The van der Waals surface area contributed by atoms with Crippen LogP contribution < -0.4 is 10.6 Å². The lowest BCUT2D eigenvalue weighted by Gasteiger charge is -2.06. The van der Waals surface area contributed by atoms with Gasteiger partial charge in [-0.05, 0) is 25.0 Å². The molecule has 1 aliphatic rings. The zero-order valence-electron chi connectivity index (χ0n) is 8.87. The molecular formula is C11H14ClN3O. The summed E-state index contributed by atoms with van der Waals surface area (Å²) in [7, 11) is 0. The van der Waals surface area contributed by atoms with Crippen LogP contribution in [0.15, 0.2) is 18.3 Å². The quantitative estimate of drug-likeness (QED) is 0.771. The van der Waals surface area contributed by atoms with Crippen molar-refractivity contribution in [1.29, 1.82) is 0 Å². The Kier molecular flexibility index (Phi) is 3.62. The van der Waals surface area contributed by atoms with Gasteiger partial charge in [0.2, 0.25) is 5.91 Å². The van der Waals surface area contributed by atoms with Crippen LogP contribution in [0.2, 0.25) is 5.15 Å². The van der Waals surface area contributed by atoms with E-state index in [1.807, 2.05) is 6.07 Å².